The zero-order chi connectivity index (χ0) is 13.7. The number of hydrogen-bond donors (Lipinski definition) is 3. The summed E-state index contributed by atoms with van der Waals surface area (Å²) in [5.41, 5.74) is 7.70. The highest BCUT2D eigenvalue weighted by Gasteiger charge is 2.05. The van der Waals surface area contributed by atoms with Crippen LogP contribution in [0.2, 0.25) is 5.02 Å². The summed E-state index contributed by atoms with van der Waals surface area (Å²) in [5.74, 6) is -0.184. The number of halogens is 1. The van der Waals surface area contributed by atoms with E-state index in [1.807, 2.05) is 24.3 Å². The van der Waals surface area contributed by atoms with Crippen molar-refractivity contribution in [1.82, 2.24) is 0 Å². The third-order valence-corrected chi connectivity index (χ3v) is 2.88. The van der Waals surface area contributed by atoms with Gasteiger partial charge in [0.2, 0.25) is 5.91 Å². The number of para-hydroxylation sites is 3. The third kappa shape index (κ3) is 3.63. The monoisotopic (exact) mass is 275 g/mol. The molecule has 0 aliphatic carbocycles. The number of nitrogens with one attached hydrogen (secondary N) is 2. The van der Waals surface area contributed by atoms with E-state index in [0.29, 0.717) is 16.4 Å². The molecule has 0 bridgehead atoms. The van der Waals surface area contributed by atoms with Crippen molar-refractivity contribution in [1.29, 1.82) is 0 Å². The maximum Gasteiger partial charge on any atom is 0.243 e. The van der Waals surface area contributed by atoms with E-state index in [0.717, 1.165) is 5.69 Å². The Labute approximate surface area is 116 Å². The predicted molar refractivity (Wildman–Crippen MR) is 79.4 cm³/mol. The molecule has 0 fully saturated rings. The summed E-state index contributed by atoms with van der Waals surface area (Å²) in [6.45, 7) is 0.124. The van der Waals surface area contributed by atoms with Gasteiger partial charge < -0.3 is 16.4 Å². The van der Waals surface area contributed by atoms with Crippen molar-refractivity contribution >= 4 is 34.6 Å². The maximum atomic E-state index is 11.8. The van der Waals surface area contributed by atoms with Gasteiger partial charge in [-0.15, -0.1) is 0 Å². The van der Waals surface area contributed by atoms with E-state index >= 15 is 0 Å². The van der Waals surface area contributed by atoms with Crippen molar-refractivity contribution in [2.45, 2.75) is 0 Å². The second kappa shape index (κ2) is 6.11. The summed E-state index contributed by atoms with van der Waals surface area (Å²) < 4.78 is 0. The summed E-state index contributed by atoms with van der Waals surface area (Å²) in [7, 11) is 0. The first kappa shape index (κ1) is 13.2. The second-order valence-electron chi connectivity index (χ2n) is 3.97. The third-order valence-electron chi connectivity index (χ3n) is 2.55. The Bertz CT molecular complexity index is 586. The predicted octanol–water partition coefficient (Wildman–Crippen LogP) is 2.97. The standard InChI is InChI=1S/C14H14ClN3O/c15-10-5-1-3-7-12(10)18-14(19)9-17-13-8-4-2-6-11(13)16/h1-8,17H,9,16H2,(H,18,19). The molecule has 0 aromatic heterocycles. The first-order valence-electron chi connectivity index (χ1n) is 5.79. The number of carbonyl (C=O) groups excluding carboxylic acids is 1. The first-order valence-corrected chi connectivity index (χ1v) is 6.17. The lowest BCUT2D eigenvalue weighted by Crippen LogP contribution is -2.22. The smallest absolute Gasteiger partial charge is 0.243 e. The van der Waals surface area contributed by atoms with Crippen LogP contribution >= 0.6 is 11.6 Å². The normalized spacial score (nSPS) is 9.95. The van der Waals surface area contributed by atoms with Crippen LogP contribution in [0.15, 0.2) is 48.5 Å². The fraction of sp³-hybridized carbons (Fsp3) is 0.0714. The number of hydrogen-bond acceptors (Lipinski definition) is 3. The zero-order valence-corrected chi connectivity index (χ0v) is 10.9. The summed E-state index contributed by atoms with van der Waals surface area (Å²) >= 11 is 5.96. The van der Waals surface area contributed by atoms with Gasteiger partial charge in [-0.1, -0.05) is 35.9 Å². The lowest BCUT2D eigenvalue weighted by atomic mass is 10.2. The molecule has 19 heavy (non-hydrogen) atoms. The fourth-order valence-corrected chi connectivity index (χ4v) is 1.77. The minimum atomic E-state index is -0.184. The Balaban J connectivity index is 1.92. The van der Waals surface area contributed by atoms with E-state index in [2.05, 4.69) is 10.6 Å². The lowest BCUT2D eigenvalue weighted by Gasteiger charge is -2.10. The van der Waals surface area contributed by atoms with Crippen molar-refractivity contribution in [3.05, 3.63) is 53.6 Å². The molecular weight excluding hydrogens is 262 g/mol. The van der Waals surface area contributed by atoms with Crippen molar-refractivity contribution in [2.24, 2.45) is 0 Å². The molecule has 98 valence electrons. The molecule has 0 heterocycles. The van der Waals surface area contributed by atoms with Crippen molar-refractivity contribution in [3.8, 4) is 0 Å². The van der Waals surface area contributed by atoms with Gasteiger partial charge >= 0.3 is 0 Å². The number of amides is 1. The first-order chi connectivity index (χ1) is 9.16. The Hall–Kier alpha value is -2.20. The van der Waals surface area contributed by atoms with Gasteiger partial charge in [0.1, 0.15) is 0 Å². The van der Waals surface area contributed by atoms with E-state index in [9.17, 15) is 4.79 Å². The Morgan fingerprint density at radius 2 is 1.68 bits per heavy atom. The molecular formula is C14H14ClN3O. The minimum Gasteiger partial charge on any atom is -0.397 e. The molecule has 0 atom stereocenters. The van der Waals surface area contributed by atoms with Crippen LogP contribution in [0.5, 0.6) is 0 Å². The van der Waals surface area contributed by atoms with Crippen LogP contribution in [0, 0.1) is 0 Å². The number of carbonyl (C=O) groups is 1. The van der Waals surface area contributed by atoms with Gasteiger partial charge in [-0.05, 0) is 24.3 Å². The van der Waals surface area contributed by atoms with E-state index in [1.54, 1.807) is 24.3 Å². The van der Waals surface area contributed by atoms with Crippen molar-refractivity contribution in [3.63, 3.8) is 0 Å². The number of nitrogen functional groups attached to an aromatic ring is 1. The lowest BCUT2D eigenvalue weighted by molar-refractivity contribution is -0.114. The van der Waals surface area contributed by atoms with Gasteiger partial charge in [-0.2, -0.15) is 0 Å². The van der Waals surface area contributed by atoms with Crippen molar-refractivity contribution in [2.75, 3.05) is 22.9 Å². The number of nitrogens with two attached hydrogens (primary N) is 1. The molecule has 2 rings (SSSR count). The average Bonchev–Trinajstić information content (AvgIpc) is 2.40. The maximum absolute atomic E-state index is 11.8. The molecule has 4 N–H and O–H groups in total. The molecule has 2 aromatic rings. The van der Waals surface area contributed by atoms with Crippen LogP contribution in [0.4, 0.5) is 17.1 Å². The highest BCUT2D eigenvalue weighted by molar-refractivity contribution is 6.33. The molecule has 0 aliphatic rings. The molecule has 4 nitrogen and oxygen atoms in total. The Morgan fingerprint density at radius 1 is 1.05 bits per heavy atom. The fourth-order valence-electron chi connectivity index (χ4n) is 1.59. The Morgan fingerprint density at radius 3 is 2.37 bits per heavy atom. The molecule has 2 aromatic carbocycles. The SMILES string of the molecule is Nc1ccccc1NCC(=O)Nc1ccccc1Cl. The molecule has 5 heteroatoms. The largest absolute Gasteiger partial charge is 0.397 e. The quantitative estimate of drug-likeness (QED) is 0.752. The van der Waals surface area contributed by atoms with Crippen LogP contribution in [0.1, 0.15) is 0 Å². The second-order valence-corrected chi connectivity index (χ2v) is 4.38. The number of benzene rings is 2. The van der Waals surface area contributed by atoms with E-state index < -0.39 is 0 Å². The van der Waals surface area contributed by atoms with Gasteiger partial charge in [-0.3, -0.25) is 4.79 Å². The summed E-state index contributed by atoms with van der Waals surface area (Å²) in [5, 5.41) is 6.21. The zero-order valence-electron chi connectivity index (χ0n) is 10.2. The Kier molecular flexibility index (Phi) is 4.26. The van der Waals surface area contributed by atoms with E-state index in [1.165, 1.54) is 0 Å². The summed E-state index contributed by atoms with van der Waals surface area (Å²) in [6, 6.07) is 14.4. The van der Waals surface area contributed by atoms with Crippen LogP contribution < -0.4 is 16.4 Å². The van der Waals surface area contributed by atoms with Crippen LogP contribution in [0.3, 0.4) is 0 Å². The van der Waals surface area contributed by atoms with Gasteiger partial charge in [-0.25, -0.2) is 0 Å². The van der Waals surface area contributed by atoms with Gasteiger partial charge in [0, 0.05) is 0 Å². The topological polar surface area (TPSA) is 67.1 Å². The number of rotatable bonds is 4. The van der Waals surface area contributed by atoms with Gasteiger partial charge in [0.05, 0.1) is 28.6 Å². The van der Waals surface area contributed by atoms with Crippen LogP contribution in [-0.2, 0) is 4.79 Å². The highest BCUT2D eigenvalue weighted by Crippen LogP contribution is 2.20. The molecule has 0 saturated heterocycles. The number of anilines is 3. The molecule has 1 amide bonds. The average molecular weight is 276 g/mol. The molecule has 0 saturated carbocycles. The van der Waals surface area contributed by atoms with Gasteiger partial charge in [0.25, 0.3) is 0 Å². The highest BCUT2D eigenvalue weighted by atomic mass is 35.5. The van der Waals surface area contributed by atoms with E-state index in [-0.39, 0.29) is 12.5 Å². The molecule has 0 unspecified atom stereocenters. The molecule has 0 aliphatic heterocycles. The van der Waals surface area contributed by atoms with Crippen molar-refractivity contribution < 1.29 is 4.79 Å². The van der Waals surface area contributed by atoms with Crippen LogP contribution in [0.25, 0.3) is 0 Å². The van der Waals surface area contributed by atoms with E-state index in [4.69, 9.17) is 17.3 Å². The summed E-state index contributed by atoms with van der Waals surface area (Å²) in [6.07, 6.45) is 0. The van der Waals surface area contributed by atoms with Gasteiger partial charge in [0.15, 0.2) is 0 Å². The molecule has 0 spiro atoms. The summed E-state index contributed by atoms with van der Waals surface area (Å²) in [4.78, 5) is 11.8. The minimum absolute atomic E-state index is 0.124. The van der Waals surface area contributed by atoms with Crippen LogP contribution in [-0.4, -0.2) is 12.5 Å². The molecule has 0 radical (unpaired) electrons.